The number of anilines is 1. The van der Waals surface area contributed by atoms with Gasteiger partial charge in [-0.3, -0.25) is 28.6 Å². The van der Waals surface area contributed by atoms with Gasteiger partial charge in [0.1, 0.15) is 41.1 Å². The maximum atomic E-state index is 15.7. The lowest BCUT2D eigenvalue weighted by Gasteiger charge is -2.24. The molecule has 10 rings (SSSR count). The highest BCUT2D eigenvalue weighted by molar-refractivity contribution is 7.92. The number of ether oxygens (including phenoxy) is 1. The number of amides is 1. The molecule has 1 amide bonds. The molecule has 8 aromatic rings. The smallest absolute Gasteiger partial charge is 0.293 e. The van der Waals surface area contributed by atoms with E-state index in [1.165, 1.54) is 37.0 Å². The molecule has 362 valence electrons. The summed E-state index contributed by atoms with van der Waals surface area (Å²) < 4.78 is 126. The summed E-state index contributed by atoms with van der Waals surface area (Å²) in [5, 5.41) is 18.4. The average molecular weight is 1010 g/mol. The number of H-pyrrole nitrogens is 1. The summed E-state index contributed by atoms with van der Waals surface area (Å²) in [4.78, 5) is 34.6. The molecular weight excluding hydrogens is 966 g/mol. The minimum Gasteiger partial charge on any atom is -0.497 e. The number of carbonyl (C=O) groups is 1. The molecule has 4 aromatic heterocycles. The van der Waals surface area contributed by atoms with E-state index in [0.717, 1.165) is 33.0 Å². The molecule has 3 atom stereocenters. The number of hydrogen-bond donors (Lipinski definition) is 2. The van der Waals surface area contributed by atoms with Gasteiger partial charge in [-0.25, -0.2) is 35.3 Å². The van der Waals surface area contributed by atoms with Crippen molar-refractivity contribution in [3.63, 3.8) is 0 Å². The van der Waals surface area contributed by atoms with E-state index in [1.807, 2.05) is 0 Å². The van der Waals surface area contributed by atoms with Gasteiger partial charge in [0.25, 0.3) is 17.9 Å². The molecule has 1 saturated carbocycles. The summed E-state index contributed by atoms with van der Waals surface area (Å²) in [6.07, 6.45) is -2.72. The number of nitrogens with zero attached hydrogens (tertiary/aromatic N) is 8. The molecule has 0 spiro atoms. The number of rotatable bonds is 14. The third kappa shape index (κ3) is 8.10. The van der Waals surface area contributed by atoms with E-state index >= 15 is 13.6 Å². The number of sulfonamides is 1. The lowest BCUT2D eigenvalue weighted by Crippen LogP contribution is -2.38. The summed E-state index contributed by atoms with van der Waals surface area (Å²) in [5.41, 5.74) is -0.256. The highest BCUT2D eigenvalue weighted by atomic mass is 35.5. The predicted molar refractivity (Wildman–Crippen MR) is 246 cm³/mol. The molecule has 4 aromatic carbocycles. The van der Waals surface area contributed by atoms with Crippen molar-refractivity contribution in [2.24, 2.45) is 13.0 Å². The summed E-state index contributed by atoms with van der Waals surface area (Å²) in [7, 11) is -1.14. The third-order valence-electron chi connectivity index (χ3n) is 12.6. The van der Waals surface area contributed by atoms with Gasteiger partial charge in [-0.2, -0.15) is 24.1 Å². The van der Waals surface area contributed by atoms with Gasteiger partial charge in [0.05, 0.1) is 64.2 Å². The van der Waals surface area contributed by atoms with Crippen LogP contribution in [0, 0.1) is 24.5 Å². The molecule has 2 N–H and O–H groups in total. The standard InChI is InChI=1S/C47H39ClF6N10O5S/c1-22-13-33(58-57-22)25-7-10-29-34(17-25)56-44(35(16-24-14-26(49)18-27(50)15-24)55-37(65)21-62-42-38(40(59-62)43(51)52)30-19-31(30)47(42,53)54)64(46(29)66)36-12-11-32(48)39-41(36)61(2)60-45(39)63(70(4,67)68)20-23-5-8-28(69-3)9-6-23/h5-15,17-18,30-31,35,43H,16,19-21H2,1-4H3,(H,55,65)(H,57,58)/t30-,31+,35-/m0/s1. The van der Waals surface area contributed by atoms with Crippen LogP contribution in [0.4, 0.5) is 32.2 Å². The monoisotopic (exact) mass is 1000 g/mol. The number of alkyl halides is 4. The Hall–Kier alpha value is -7.20. The Labute approximate surface area is 398 Å². The molecule has 1 fully saturated rings. The number of hydrogen-bond acceptors (Lipinski definition) is 9. The fraction of sp³-hybridized carbons (Fsp3) is 0.277. The molecule has 0 bridgehead atoms. The first-order chi connectivity index (χ1) is 33.2. The van der Waals surface area contributed by atoms with Gasteiger partial charge in [0, 0.05) is 42.3 Å². The van der Waals surface area contributed by atoms with Crippen molar-refractivity contribution in [1.82, 2.24) is 44.6 Å². The van der Waals surface area contributed by atoms with Crippen LogP contribution in [0.1, 0.15) is 64.4 Å². The SMILES string of the molecule is COc1ccc(CN(c2nn(C)c3c(-n4c([C@H](Cc5cc(F)cc(F)c5)NC(=O)Cn5nc(C(F)F)c6c5C(F)(F)[C@@H]5C[C@H]65)nc5cc(-c6cc(C)[nH]n6)ccc5c4=O)ccc(Cl)c23)S(C)(=O)=O)cc1. The Bertz CT molecular complexity index is 3600. The van der Waals surface area contributed by atoms with Crippen LogP contribution in [-0.2, 0) is 47.3 Å². The Morgan fingerprint density at radius 1 is 1.01 bits per heavy atom. The highest BCUT2D eigenvalue weighted by Gasteiger charge is 2.67. The summed E-state index contributed by atoms with van der Waals surface area (Å²) in [6.45, 7) is 0.583. The number of aromatic amines is 1. The fourth-order valence-corrected chi connectivity index (χ4v) is 10.5. The van der Waals surface area contributed by atoms with Crippen LogP contribution in [0.5, 0.6) is 5.75 Å². The predicted octanol–water partition coefficient (Wildman–Crippen LogP) is 8.32. The molecule has 2 aliphatic carbocycles. The zero-order chi connectivity index (χ0) is 49.7. The first-order valence-electron chi connectivity index (χ1n) is 21.6. The third-order valence-corrected chi connectivity index (χ3v) is 14.0. The van der Waals surface area contributed by atoms with Crippen LogP contribution in [0.3, 0.4) is 0 Å². The van der Waals surface area contributed by atoms with E-state index < -0.39 is 87.7 Å². The average Bonchev–Trinajstić information content (AvgIpc) is 3.50. The molecule has 2 aliphatic rings. The van der Waals surface area contributed by atoms with Crippen LogP contribution in [0.25, 0.3) is 38.8 Å². The molecule has 0 saturated heterocycles. The van der Waals surface area contributed by atoms with E-state index in [0.29, 0.717) is 33.3 Å². The minimum atomic E-state index is -4.11. The highest BCUT2D eigenvalue weighted by Crippen LogP contribution is 2.68. The lowest BCUT2D eigenvalue weighted by atomic mass is 10.0. The minimum absolute atomic E-state index is 0.00922. The maximum absolute atomic E-state index is 15.7. The Morgan fingerprint density at radius 2 is 1.74 bits per heavy atom. The zero-order valence-electron chi connectivity index (χ0n) is 37.3. The molecule has 0 unspecified atom stereocenters. The maximum Gasteiger partial charge on any atom is 0.293 e. The molecule has 70 heavy (non-hydrogen) atoms. The lowest BCUT2D eigenvalue weighted by molar-refractivity contribution is -0.123. The van der Waals surface area contributed by atoms with Crippen molar-refractivity contribution in [1.29, 1.82) is 0 Å². The number of halogens is 7. The first-order valence-corrected chi connectivity index (χ1v) is 23.8. The van der Waals surface area contributed by atoms with Gasteiger partial charge in [0.15, 0.2) is 5.82 Å². The molecule has 4 heterocycles. The van der Waals surface area contributed by atoms with E-state index in [4.69, 9.17) is 21.3 Å². The van der Waals surface area contributed by atoms with Crippen molar-refractivity contribution in [3.05, 3.63) is 145 Å². The van der Waals surface area contributed by atoms with Gasteiger partial charge in [-0.15, -0.1) is 0 Å². The fourth-order valence-electron chi connectivity index (χ4n) is 9.46. The Morgan fingerprint density at radius 3 is 2.40 bits per heavy atom. The Kier molecular flexibility index (Phi) is 11.3. The van der Waals surface area contributed by atoms with Gasteiger partial charge in [-0.05, 0) is 85.0 Å². The topological polar surface area (TPSA) is 175 Å². The number of nitrogens with one attached hydrogen (secondary N) is 2. The van der Waals surface area contributed by atoms with E-state index in [9.17, 15) is 30.8 Å². The van der Waals surface area contributed by atoms with Crippen molar-refractivity contribution in [2.75, 3.05) is 17.7 Å². The second kappa shape index (κ2) is 17.0. The van der Waals surface area contributed by atoms with Gasteiger partial charge in [-0.1, -0.05) is 29.8 Å². The van der Waals surface area contributed by atoms with Crippen LogP contribution >= 0.6 is 11.6 Å². The van der Waals surface area contributed by atoms with Crippen molar-refractivity contribution in [2.45, 2.75) is 57.2 Å². The molecule has 0 aliphatic heterocycles. The summed E-state index contributed by atoms with van der Waals surface area (Å²) in [5.74, 6) is -8.50. The van der Waals surface area contributed by atoms with E-state index in [1.54, 1.807) is 49.4 Å². The number of methoxy groups -OCH3 is 1. The van der Waals surface area contributed by atoms with Gasteiger partial charge >= 0.3 is 0 Å². The van der Waals surface area contributed by atoms with Crippen molar-refractivity contribution < 1.29 is 44.3 Å². The number of benzene rings is 4. The van der Waals surface area contributed by atoms with Crippen LogP contribution in [0.15, 0.2) is 83.7 Å². The largest absolute Gasteiger partial charge is 0.497 e. The Balaban J connectivity index is 1.17. The van der Waals surface area contributed by atoms with Crippen molar-refractivity contribution >= 4 is 55.2 Å². The first kappa shape index (κ1) is 46.5. The van der Waals surface area contributed by atoms with Gasteiger partial charge in [0.2, 0.25) is 15.9 Å². The number of aryl methyl sites for hydroxylation is 2. The number of aromatic nitrogens is 8. The second-order valence-electron chi connectivity index (χ2n) is 17.4. The van der Waals surface area contributed by atoms with Crippen molar-refractivity contribution in [3.8, 4) is 22.7 Å². The van der Waals surface area contributed by atoms with Crippen LogP contribution in [-0.4, -0.2) is 67.0 Å². The van der Waals surface area contributed by atoms with Crippen LogP contribution in [0.2, 0.25) is 5.02 Å². The van der Waals surface area contributed by atoms with E-state index in [2.05, 4.69) is 25.7 Å². The summed E-state index contributed by atoms with van der Waals surface area (Å²) in [6, 6.07) is 17.0. The number of carbonyl (C=O) groups excluding carboxylic acids is 1. The van der Waals surface area contributed by atoms with Gasteiger partial charge < -0.3 is 10.1 Å². The molecule has 23 heteroatoms. The normalized spacial score (nSPS) is 16.5. The quantitative estimate of drug-likeness (QED) is 0.102. The summed E-state index contributed by atoms with van der Waals surface area (Å²) >= 11 is 6.92. The molecular formula is C47H39ClF6N10O5S. The zero-order valence-corrected chi connectivity index (χ0v) is 38.9. The second-order valence-corrected chi connectivity index (χ2v) is 19.7. The van der Waals surface area contributed by atoms with Crippen LogP contribution < -0.4 is 19.9 Å². The molecule has 15 nitrogen and oxygen atoms in total. The van der Waals surface area contributed by atoms with E-state index in [-0.39, 0.29) is 68.3 Å². The number of fused-ring (bicyclic) bond motifs is 5. The molecule has 0 radical (unpaired) electrons.